The van der Waals surface area contributed by atoms with Crippen LogP contribution in [0.5, 0.6) is 0 Å². The maximum atomic E-state index is 12.4. The number of aliphatic carboxylic acids is 1. The van der Waals surface area contributed by atoms with Crippen molar-refractivity contribution in [3.8, 4) is 0 Å². The second kappa shape index (κ2) is 8.71. The molecule has 4 rings (SSSR count). The molecule has 1 spiro atoms. The standard InChI is InChI=1S/C16H21N3O4S.C2HF3O2/c20-15-11-23-16(12-19(15)13-2-1-7-17-10-13)5-8-18(9-6-16)24(21,22)14-3-4-14;3-2(4,5)1(6)7/h1-2,7,10,14H,3-6,8-9,11-12H2;(H,6,7). The third-order valence-corrected chi connectivity index (χ3v) is 7.79. The van der Waals surface area contributed by atoms with E-state index in [2.05, 4.69) is 4.98 Å². The highest BCUT2D eigenvalue weighted by atomic mass is 32.2. The molecule has 0 bridgehead atoms. The predicted octanol–water partition coefficient (Wildman–Crippen LogP) is 1.40. The summed E-state index contributed by atoms with van der Waals surface area (Å²) in [6, 6.07) is 3.66. The van der Waals surface area contributed by atoms with Crippen LogP contribution in [-0.2, 0) is 24.3 Å². The van der Waals surface area contributed by atoms with Crippen molar-refractivity contribution in [2.24, 2.45) is 0 Å². The number of rotatable bonds is 3. The van der Waals surface area contributed by atoms with Gasteiger partial charge in [0.2, 0.25) is 10.0 Å². The number of ether oxygens (including phenoxy) is 1. The molecule has 1 N–H and O–H groups in total. The molecule has 3 aliphatic rings. The van der Waals surface area contributed by atoms with Gasteiger partial charge in [-0.05, 0) is 37.8 Å². The predicted molar refractivity (Wildman–Crippen MR) is 102 cm³/mol. The Labute approximate surface area is 176 Å². The number of pyridine rings is 1. The van der Waals surface area contributed by atoms with Gasteiger partial charge in [-0.2, -0.15) is 13.2 Å². The highest BCUT2D eigenvalue weighted by molar-refractivity contribution is 7.90. The molecule has 2 aliphatic heterocycles. The largest absolute Gasteiger partial charge is 0.490 e. The van der Waals surface area contributed by atoms with Gasteiger partial charge in [0, 0.05) is 19.3 Å². The molecule has 172 valence electrons. The summed E-state index contributed by atoms with van der Waals surface area (Å²) in [4.78, 5) is 26.9. The van der Waals surface area contributed by atoms with Crippen LogP contribution in [0.4, 0.5) is 18.9 Å². The van der Waals surface area contributed by atoms with Crippen LogP contribution in [0.25, 0.3) is 0 Å². The zero-order valence-electron chi connectivity index (χ0n) is 16.4. The number of morpholine rings is 1. The molecule has 0 unspecified atom stereocenters. The van der Waals surface area contributed by atoms with Gasteiger partial charge in [0.05, 0.1) is 29.3 Å². The molecule has 2 saturated heterocycles. The van der Waals surface area contributed by atoms with Crippen LogP contribution in [0.3, 0.4) is 0 Å². The lowest BCUT2D eigenvalue weighted by molar-refractivity contribution is -0.192. The van der Waals surface area contributed by atoms with Gasteiger partial charge in [-0.25, -0.2) is 17.5 Å². The van der Waals surface area contributed by atoms with Gasteiger partial charge in [-0.1, -0.05) is 0 Å². The third-order valence-electron chi connectivity index (χ3n) is 5.39. The van der Waals surface area contributed by atoms with E-state index in [1.165, 1.54) is 0 Å². The topological polar surface area (TPSA) is 117 Å². The number of carbonyl (C=O) groups is 2. The first-order valence-corrected chi connectivity index (χ1v) is 11.1. The van der Waals surface area contributed by atoms with E-state index in [1.807, 2.05) is 6.07 Å². The summed E-state index contributed by atoms with van der Waals surface area (Å²) >= 11 is 0. The van der Waals surface area contributed by atoms with Crippen LogP contribution in [0.15, 0.2) is 24.5 Å². The number of hydrogen-bond acceptors (Lipinski definition) is 6. The molecular formula is C18H22F3N3O6S. The number of alkyl halides is 3. The highest BCUT2D eigenvalue weighted by Gasteiger charge is 2.47. The maximum absolute atomic E-state index is 12.4. The second-order valence-electron chi connectivity index (χ2n) is 7.61. The van der Waals surface area contributed by atoms with E-state index in [4.69, 9.17) is 14.6 Å². The van der Waals surface area contributed by atoms with Crippen LogP contribution in [0, 0.1) is 0 Å². The Morgan fingerprint density at radius 3 is 2.35 bits per heavy atom. The van der Waals surface area contributed by atoms with E-state index in [0.717, 1.165) is 18.5 Å². The first-order chi connectivity index (χ1) is 14.4. The fraction of sp³-hybridized carbons (Fsp3) is 0.611. The minimum atomic E-state index is -5.08. The third kappa shape index (κ3) is 5.52. The molecule has 1 aromatic rings. The van der Waals surface area contributed by atoms with Crippen molar-refractivity contribution in [1.29, 1.82) is 0 Å². The Bertz CT molecular complexity index is 913. The summed E-state index contributed by atoms with van der Waals surface area (Å²) in [6.07, 6.45) is 1.05. The van der Waals surface area contributed by atoms with Crippen molar-refractivity contribution in [2.75, 3.05) is 31.1 Å². The number of anilines is 1. The van der Waals surface area contributed by atoms with E-state index < -0.39 is 27.8 Å². The first kappa shape index (κ1) is 23.4. The van der Waals surface area contributed by atoms with E-state index >= 15 is 0 Å². The zero-order valence-corrected chi connectivity index (χ0v) is 17.2. The number of amides is 1. The summed E-state index contributed by atoms with van der Waals surface area (Å²) in [5, 5.41) is 6.95. The van der Waals surface area contributed by atoms with Crippen molar-refractivity contribution in [3.63, 3.8) is 0 Å². The van der Waals surface area contributed by atoms with Crippen LogP contribution in [-0.4, -0.2) is 78.0 Å². The summed E-state index contributed by atoms with van der Waals surface area (Å²) in [6.45, 7) is 1.42. The SMILES string of the molecule is O=C(O)C(F)(F)F.O=C1COC2(CCN(S(=O)(=O)C3CC3)CC2)CN1c1cccnc1. The molecular weight excluding hydrogens is 443 g/mol. The average molecular weight is 465 g/mol. The number of aromatic nitrogens is 1. The summed E-state index contributed by atoms with van der Waals surface area (Å²) < 4.78 is 64.0. The Kier molecular flexibility index (Phi) is 6.58. The van der Waals surface area contributed by atoms with Crippen molar-refractivity contribution in [1.82, 2.24) is 9.29 Å². The summed E-state index contributed by atoms with van der Waals surface area (Å²) in [5.41, 5.74) is 0.303. The molecule has 0 radical (unpaired) electrons. The lowest BCUT2D eigenvalue weighted by Gasteiger charge is -2.46. The fourth-order valence-corrected chi connectivity index (χ4v) is 5.34. The molecule has 3 fully saturated rings. The van der Waals surface area contributed by atoms with Crippen LogP contribution in [0.2, 0.25) is 0 Å². The van der Waals surface area contributed by atoms with Gasteiger partial charge in [-0.3, -0.25) is 9.78 Å². The summed E-state index contributed by atoms with van der Waals surface area (Å²) in [5.74, 6) is -2.84. The molecule has 3 heterocycles. The van der Waals surface area contributed by atoms with Crippen molar-refractivity contribution in [2.45, 2.75) is 42.7 Å². The number of piperidine rings is 1. The Morgan fingerprint density at radius 1 is 1.26 bits per heavy atom. The Hall–Kier alpha value is -2.25. The number of carboxylic acids is 1. The van der Waals surface area contributed by atoms with Gasteiger partial charge in [0.1, 0.15) is 6.61 Å². The molecule has 1 amide bonds. The zero-order chi connectivity index (χ0) is 22.9. The Balaban J connectivity index is 0.000000339. The van der Waals surface area contributed by atoms with E-state index in [1.54, 1.807) is 27.7 Å². The Morgan fingerprint density at radius 2 is 1.87 bits per heavy atom. The molecule has 1 aliphatic carbocycles. The minimum Gasteiger partial charge on any atom is -0.475 e. The normalized spacial score (nSPS) is 22.0. The molecule has 1 aromatic heterocycles. The van der Waals surface area contributed by atoms with Gasteiger partial charge in [0.25, 0.3) is 5.91 Å². The van der Waals surface area contributed by atoms with Crippen molar-refractivity contribution in [3.05, 3.63) is 24.5 Å². The number of sulfonamides is 1. The van der Waals surface area contributed by atoms with E-state index in [0.29, 0.717) is 32.5 Å². The molecule has 0 aromatic carbocycles. The number of hydrogen-bond donors (Lipinski definition) is 1. The van der Waals surface area contributed by atoms with Crippen molar-refractivity contribution < 1.29 is 41.0 Å². The van der Waals surface area contributed by atoms with Crippen LogP contribution >= 0.6 is 0 Å². The smallest absolute Gasteiger partial charge is 0.475 e. The molecule has 13 heteroatoms. The number of halogens is 3. The maximum Gasteiger partial charge on any atom is 0.490 e. The van der Waals surface area contributed by atoms with Crippen molar-refractivity contribution >= 4 is 27.6 Å². The monoisotopic (exact) mass is 465 g/mol. The van der Waals surface area contributed by atoms with Gasteiger partial charge in [-0.15, -0.1) is 0 Å². The summed E-state index contributed by atoms with van der Waals surface area (Å²) in [7, 11) is -3.13. The molecule has 1 saturated carbocycles. The van der Waals surface area contributed by atoms with E-state index in [-0.39, 0.29) is 17.8 Å². The number of nitrogens with zero attached hydrogens (tertiary/aromatic N) is 3. The van der Waals surface area contributed by atoms with Crippen LogP contribution in [0.1, 0.15) is 25.7 Å². The highest BCUT2D eigenvalue weighted by Crippen LogP contribution is 2.37. The van der Waals surface area contributed by atoms with Crippen LogP contribution < -0.4 is 4.90 Å². The lowest BCUT2D eigenvalue weighted by atomic mass is 9.90. The van der Waals surface area contributed by atoms with E-state index in [9.17, 15) is 26.4 Å². The first-order valence-electron chi connectivity index (χ1n) is 9.58. The molecule has 9 nitrogen and oxygen atoms in total. The molecule has 0 atom stereocenters. The van der Waals surface area contributed by atoms with Gasteiger partial charge < -0.3 is 14.7 Å². The average Bonchev–Trinajstić information content (AvgIpc) is 3.57. The van der Waals surface area contributed by atoms with Gasteiger partial charge >= 0.3 is 12.1 Å². The quantitative estimate of drug-likeness (QED) is 0.717. The minimum absolute atomic E-state index is 0.0320. The number of carbonyl (C=O) groups excluding carboxylic acids is 1. The second-order valence-corrected chi connectivity index (χ2v) is 9.82. The lowest BCUT2D eigenvalue weighted by Crippen LogP contribution is -2.59. The number of carboxylic acid groups (broad SMARTS) is 1. The molecule has 31 heavy (non-hydrogen) atoms. The fourth-order valence-electron chi connectivity index (χ4n) is 3.49. The van der Waals surface area contributed by atoms with Gasteiger partial charge in [0.15, 0.2) is 0 Å².